The van der Waals surface area contributed by atoms with Gasteiger partial charge in [-0.2, -0.15) is 5.26 Å². The van der Waals surface area contributed by atoms with Crippen molar-refractivity contribution in [1.29, 1.82) is 5.26 Å². The van der Waals surface area contributed by atoms with Crippen molar-refractivity contribution in [1.82, 2.24) is 10.2 Å². The highest BCUT2D eigenvalue weighted by Crippen LogP contribution is 2.35. The summed E-state index contributed by atoms with van der Waals surface area (Å²) < 4.78 is 17.0. The smallest absolute Gasteiger partial charge is 0.410 e. The van der Waals surface area contributed by atoms with E-state index in [-0.39, 0.29) is 24.3 Å². The largest absolute Gasteiger partial charge is 0.489 e. The molecule has 202 valence electrons. The molecule has 0 saturated carbocycles. The molecule has 1 unspecified atom stereocenters. The van der Waals surface area contributed by atoms with E-state index in [1.54, 1.807) is 4.90 Å². The van der Waals surface area contributed by atoms with E-state index in [1.807, 2.05) is 45.2 Å². The van der Waals surface area contributed by atoms with Gasteiger partial charge in [-0.25, -0.2) is 4.79 Å². The first-order valence-corrected chi connectivity index (χ1v) is 13.3. The number of nitrogens with one attached hydrogen (secondary N) is 1. The van der Waals surface area contributed by atoms with Crippen molar-refractivity contribution in [2.75, 3.05) is 26.3 Å². The molecule has 4 aliphatic heterocycles. The first-order chi connectivity index (χ1) is 18.1. The maximum Gasteiger partial charge on any atom is 0.410 e. The molecule has 1 fully saturated rings. The second-order valence-corrected chi connectivity index (χ2v) is 10.9. The molecule has 0 spiro atoms. The Morgan fingerprint density at radius 3 is 2.74 bits per heavy atom. The molecule has 0 aromatic heterocycles. The van der Waals surface area contributed by atoms with Gasteiger partial charge >= 0.3 is 6.09 Å². The fourth-order valence-corrected chi connectivity index (χ4v) is 4.82. The lowest BCUT2D eigenvalue weighted by atomic mass is 9.89. The quantitative estimate of drug-likeness (QED) is 0.299. The van der Waals surface area contributed by atoms with Gasteiger partial charge in [-0.1, -0.05) is 18.7 Å². The van der Waals surface area contributed by atoms with Gasteiger partial charge in [0, 0.05) is 43.8 Å². The Hall–Kier alpha value is -3.57. The number of allylic oxidation sites excluding steroid dienone is 6. The number of nitrogens with zero attached hydrogens (tertiary/aromatic N) is 3. The van der Waals surface area contributed by atoms with Crippen LogP contribution in [-0.4, -0.2) is 61.4 Å². The summed E-state index contributed by atoms with van der Waals surface area (Å²) in [6, 6.07) is 2.12. The van der Waals surface area contributed by atoms with Gasteiger partial charge in [0.15, 0.2) is 0 Å². The molecule has 0 aliphatic carbocycles. The molecule has 1 N–H and O–H groups in total. The number of hydrogen-bond donors (Lipinski definition) is 1. The fraction of sp³-hybridized carbons (Fsp3) is 0.500. The number of dihydropyridines is 1. The van der Waals surface area contributed by atoms with Crippen LogP contribution in [0.4, 0.5) is 4.79 Å². The molecule has 4 heterocycles. The molecule has 0 bridgehead atoms. The zero-order chi connectivity index (χ0) is 27.3. The standard InChI is InChI=1S/C30H38N4O4/c1-20(6-7-27(21(2)19-31)37-23-11-16-36-17-12-23)24-8-13-32-28-25(24)18-26(33-28)22-9-14-34(15-10-22)29(35)38-30(3,4)5/h6-9,13,18,23,25,28,33H,2,10-12,14-17H2,1,3-5H3/b20-6+,27-7+/t25-,28?/m1/s1. The van der Waals surface area contributed by atoms with Crippen LogP contribution in [0, 0.1) is 17.2 Å². The molecule has 8 heteroatoms. The summed E-state index contributed by atoms with van der Waals surface area (Å²) in [6.07, 6.45) is 14.1. The van der Waals surface area contributed by atoms with Gasteiger partial charge in [0.05, 0.1) is 18.8 Å². The summed E-state index contributed by atoms with van der Waals surface area (Å²) in [5.74, 6) is 0.589. The molecule has 38 heavy (non-hydrogen) atoms. The van der Waals surface area contributed by atoms with Crippen LogP contribution in [0.1, 0.15) is 47.0 Å². The summed E-state index contributed by atoms with van der Waals surface area (Å²) in [4.78, 5) is 18.8. The van der Waals surface area contributed by atoms with Crippen LogP contribution in [0.5, 0.6) is 0 Å². The third kappa shape index (κ3) is 6.84. The van der Waals surface area contributed by atoms with E-state index in [1.165, 1.54) is 5.57 Å². The van der Waals surface area contributed by atoms with E-state index >= 15 is 0 Å². The normalized spacial score (nSPS) is 24.4. The zero-order valence-corrected chi connectivity index (χ0v) is 22.8. The minimum absolute atomic E-state index is 0.0266. The molecule has 1 amide bonds. The highest BCUT2D eigenvalue weighted by atomic mass is 16.6. The molecule has 4 aliphatic rings. The number of amides is 1. The number of nitriles is 1. The van der Waals surface area contributed by atoms with E-state index in [0.717, 1.165) is 36.1 Å². The third-order valence-corrected chi connectivity index (χ3v) is 6.89. The fourth-order valence-electron chi connectivity index (χ4n) is 4.82. The van der Waals surface area contributed by atoms with Gasteiger partial charge in [-0.05, 0) is 69.1 Å². The Morgan fingerprint density at radius 1 is 1.32 bits per heavy atom. The van der Waals surface area contributed by atoms with Gasteiger partial charge in [0.1, 0.15) is 29.7 Å². The topological polar surface area (TPSA) is 96.2 Å². The molecule has 4 rings (SSSR count). The van der Waals surface area contributed by atoms with Crippen molar-refractivity contribution in [3.63, 3.8) is 0 Å². The molecule has 0 radical (unpaired) electrons. The van der Waals surface area contributed by atoms with Crippen LogP contribution in [0.15, 0.2) is 75.7 Å². The van der Waals surface area contributed by atoms with Gasteiger partial charge in [-0.3, -0.25) is 4.99 Å². The first kappa shape index (κ1) is 27.5. The van der Waals surface area contributed by atoms with E-state index in [0.29, 0.717) is 37.6 Å². The molecule has 0 aromatic rings. The maximum absolute atomic E-state index is 12.4. The highest BCUT2D eigenvalue weighted by Gasteiger charge is 2.33. The molecular formula is C30H38N4O4. The van der Waals surface area contributed by atoms with Crippen LogP contribution in [0.2, 0.25) is 0 Å². The lowest BCUT2D eigenvalue weighted by molar-refractivity contribution is -0.00130. The monoisotopic (exact) mass is 518 g/mol. The average Bonchev–Trinajstić information content (AvgIpc) is 3.34. The van der Waals surface area contributed by atoms with Crippen molar-refractivity contribution >= 4 is 12.3 Å². The maximum atomic E-state index is 12.4. The van der Waals surface area contributed by atoms with Crippen LogP contribution in [-0.2, 0) is 14.2 Å². The minimum atomic E-state index is -0.507. The average molecular weight is 519 g/mol. The summed E-state index contributed by atoms with van der Waals surface area (Å²) in [6.45, 7) is 14.0. The molecule has 8 nitrogen and oxygen atoms in total. The SMILES string of the molecule is C=C(C#N)/C(=C\C=C(/C)C1=CC=NC2NC(C3=CCN(C(=O)OC(C)(C)C)CC3)=C[C@H]12)OC1CCOCC1. The first-order valence-electron chi connectivity index (χ1n) is 13.3. The number of hydrogen-bond acceptors (Lipinski definition) is 7. The van der Waals surface area contributed by atoms with Crippen LogP contribution in [0.3, 0.4) is 0 Å². The Kier molecular flexibility index (Phi) is 8.58. The lowest BCUT2D eigenvalue weighted by Crippen LogP contribution is -2.39. The van der Waals surface area contributed by atoms with Crippen molar-refractivity contribution in [2.24, 2.45) is 10.9 Å². The Balaban J connectivity index is 1.46. The summed E-state index contributed by atoms with van der Waals surface area (Å²) in [7, 11) is 0. The number of carbonyl (C=O) groups is 1. The van der Waals surface area contributed by atoms with Crippen LogP contribution >= 0.6 is 0 Å². The van der Waals surface area contributed by atoms with Gasteiger partial charge < -0.3 is 24.4 Å². The highest BCUT2D eigenvalue weighted by molar-refractivity contribution is 5.76. The van der Waals surface area contributed by atoms with Gasteiger partial charge in [0.25, 0.3) is 0 Å². The second-order valence-electron chi connectivity index (χ2n) is 10.9. The Bertz CT molecular complexity index is 1170. The van der Waals surface area contributed by atoms with E-state index in [4.69, 9.17) is 14.2 Å². The number of fused-ring (bicyclic) bond motifs is 1. The molecular weight excluding hydrogens is 480 g/mol. The lowest BCUT2D eigenvalue weighted by Gasteiger charge is -2.30. The Labute approximate surface area is 225 Å². The van der Waals surface area contributed by atoms with E-state index in [9.17, 15) is 10.1 Å². The predicted molar refractivity (Wildman–Crippen MR) is 147 cm³/mol. The van der Waals surface area contributed by atoms with Crippen LogP contribution < -0.4 is 5.32 Å². The molecule has 0 aromatic carbocycles. The number of aliphatic imine (C=N–C) groups is 1. The van der Waals surface area contributed by atoms with Gasteiger partial charge in [0.2, 0.25) is 0 Å². The summed E-state index contributed by atoms with van der Waals surface area (Å²) >= 11 is 0. The summed E-state index contributed by atoms with van der Waals surface area (Å²) in [5.41, 5.74) is 4.28. The van der Waals surface area contributed by atoms with Gasteiger partial charge in [-0.15, -0.1) is 0 Å². The van der Waals surface area contributed by atoms with Crippen molar-refractivity contribution < 1.29 is 19.0 Å². The van der Waals surface area contributed by atoms with Crippen LogP contribution in [0.25, 0.3) is 0 Å². The number of rotatable bonds is 6. The summed E-state index contributed by atoms with van der Waals surface area (Å²) in [5, 5.41) is 13.0. The number of carbonyl (C=O) groups excluding carboxylic acids is 1. The molecule has 1 saturated heterocycles. The van der Waals surface area contributed by atoms with Crippen molar-refractivity contribution in [3.8, 4) is 6.07 Å². The molecule has 2 atom stereocenters. The van der Waals surface area contributed by atoms with E-state index in [2.05, 4.69) is 42.0 Å². The number of ether oxygens (including phenoxy) is 3. The van der Waals surface area contributed by atoms with Crippen molar-refractivity contribution in [3.05, 3.63) is 70.7 Å². The third-order valence-electron chi connectivity index (χ3n) is 6.89. The zero-order valence-electron chi connectivity index (χ0n) is 22.8. The Morgan fingerprint density at radius 2 is 2.08 bits per heavy atom. The van der Waals surface area contributed by atoms with Crippen molar-refractivity contribution in [2.45, 2.75) is 64.8 Å². The van der Waals surface area contributed by atoms with E-state index < -0.39 is 5.60 Å². The minimum Gasteiger partial charge on any atom is -0.489 e. The predicted octanol–water partition coefficient (Wildman–Crippen LogP) is 5.10. The second kappa shape index (κ2) is 11.9.